The van der Waals surface area contributed by atoms with Gasteiger partial charge in [0.15, 0.2) is 0 Å². The van der Waals surface area contributed by atoms with Gasteiger partial charge < -0.3 is 5.32 Å². The van der Waals surface area contributed by atoms with Crippen LogP contribution in [0.2, 0.25) is 0 Å². The van der Waals surface area contributed by atoms with E-state index in [1.165, 1.54) is 24.3 Å². The molecule has 1 aromatic heterocycles. The van der Waals surface area contributed by atoms with Crippen molar-refractivity contribution >= 4 is 28.1 Å². The van der Waals surface area contributed by atoms with Gasteiger partial charge in [-0.05, 0) is 40.6 Å². The Kier molecular flexibility index (Phi) is 3.36. The molecule has 3 rings (SSSR count). The number of nitrogens with one attached hydrogen (secondary N) is 1. The summed E-state index contributed by atoms with van der Waals surface area (Å²) < 4.78 is 42.6. The molecule has 0 radical (unpaired) electrons. The monoisotopic (exact) mass is 324 g/mol. The Morgan fingerprint density at radius 3 is 2.65 bits per heavy atom. The van der Waals surface area contributed by atoms with E-state index >= 15 is 0 Å². The predicted octanol–water partition coefficient (Wildman–Crippen LogP) is 3.89. The number of halogens is 3. The van der Waals surface area contributed by atoms with Crippen LogP contribution < -0.4 is 5.32 Å². The van der Waals surface area contributed by atoms with Gasteiger partial charge in [-0.2, -0.15) is 13.2 Å². The molecule has 0 unspecified atom stereocenters. The van der Waals surface area contributed by atoms with E-state index in [1.54, 1.807) is 0 Å². The Labute approximate surface area is 125 Å². The molecule has 0 aliphatic rings. The molecule has 0 atom stereocenters. The normalized spacial score (nSPS) is 11.6. The third-order valence-electron chi connectivity index (χ3n) is 3.05. The summed E-state index contributed by atoms with van der Waals surface area (Å²) in [6.07, 6.45) is -4.51. The van der Waals surface area contributed by atoms with Gasteiger partial charge in [0.1, 0.15) is 11.2 Å². The number of anilines is 2. The molecule has 0 aliphatic carbocycles. The van der Waals surface area contributed by atoms with Crippen molar-refractivity contribution in [3.05, 3.63) is 52.1 Å². The fourth-order valence-electron chi connectivity index (χ4n) is 2.05. The molecule has 0 amide bonds. The third-order valence-corrected chi connectivity index (χ3v) is 3.05. The van der Waals surface area contributed by atoms with Crippen LogP contribution in [0.1, 0.15) is 5.56 Å². The second-order valence-electron chi connectivity index (χ2n) is 4.55. The van der Waals surface area contributed by atoms with Crippen molar-refractivity contribution in [3.8, 4) is 0 Å². The number of hydrogen-bond donors (Lipinski definition) is 1. The Morgan fingerprint density at radius 2 is 1.96 bits per heavy atom. The number of alkyl halides is 3. The molecule has 0 saturated heterocycles. The van der Waals surface area contributed by atoms with Crippen molar-refractivity contribution in [3.63, 3.8) is 0 Å². The minimum Gasteiger partial charge on any atom is -0.350 e. The van der Waals surface area contributed by atoms with Crippen LogP contribution in [0.4, 0.5) is 30.2 Å². The van der Waals surface area contributed by atoms with Crippen LogP contribution in [-0.2, 0) is 6.18 Å². The number of rotatable bonds is 3. The quantitative estimate of drug-likeness (QED) is 0.580. The van der Waals surface area contributed by atoms with Gasteiger partial charge >= 0.3 is 11.9 Å². The van der Waals surface area contributed by atoms with Crippen molar-refractivity contribution in [2.45, 2.75) is 6.18 Å². The van der Waals surface area contributed by atoms with Crippen LogP contribution >= 0.6 is 0 Å². The zero-order chi connectivity index (χ0) is 16.6. The molecule has 0 saturated carbocycles. The van der Waals surface area contributed by atoms with Gasteiger partial charge in [0.05, 0.1) is 10.5 Å². The largest absolute Gasteiger partial charge is 0.416 e. The Bertz CT molecular complexity index is 892. The summed E-state index contributed by atoms with van der Waals surface area (Å²) in [6, 6.07) is 7.07. The highest BCUT2D eigenvalue weighted by Crippen LogP contribution is 2.35. The zero-order valence-electron chi connectivity index (χ0n) is 11.2. The maximum atomic E-state index is 12.7. The maximum Gasteiger partial charge on any atom is 0.416 e. The Hall–Kier alpha value is -3.17. The van der Waals surface area contributed by atoms with Gasteiger partial charge in [-0.1, -0.05) is 6.07 Å². The lowest BCUT2D eigenvalue weighted by molar-refractivity contribution is -0.382. The number of nitrogens with zero attached hydrogens (tertiary/aromatic N) is 3. The molecule has 7 nitrogen and oxygen atoms in total. The van der Waals surface area contributed by atoms with Crippen LogP contribution in [-0.4, -0.2) is 15.2 Å². The first kappa shape index (κ1) is 14.8. The van der Waals surface area contributed by atoms with Crippen LogP contribution in [0.25, 0.3) is 11.0 Å². The Morgan fingerprint density at radius 1 is 1.17 bits per heavy atom. The molecule has 0 spiro atoms. The minimum absolute atomic E-state index is 0.0162. The molecular formula is C13H7F3N4O3. The van der Waals surface area contributed by atoms with E-state index in [0.717, 1.165) is 12.1 Å². The average Bonchev–Trinajstić information content (AvgIpc) is 2.94. The van der Waals surface area contributed by atoms with Crippen molar-refractivity contribution in [2.24, 2.45) is 0 Å². The van der Waals surface area contributed by atoms with Crippen molar-refractivity contribution in [1.82, 2.24) is 10.3 Å². The second-order valence-corrected chi connectivity index (χ2v) is 4.55. The molecule has 0 fully saturated rings. The molecule has 3 aromatic rings. The molecule has 2 aromatic carbocycles. The minimum atomic E-state index is -4.51. The van der Waals surface area contributed by atoms with Crippen molar-refractivity contribution in [1.29, 1.82) is 0 Å². The van der Waals surface area contributed by atoms with Gasteiger partial charge in [0.25, 0.3) is 0 Å². The number of fused-ring (bicyclic) bond motifs is 1. The van der Waals surface area contributed by atoms with Crippen molar-refractivity contribution in [2.75, 3.05) is 5.32 Å². The highest BCUT2D eigenvalue weighted by atomic mass is 19.4. The first-order chi connectivity index (χ1) is 10.9. The van der Waals surface area contributed by atoms with E-state index in [0.29, 0.717) is 0 Å². The lowest BCUT2D eigenvalue weighted by atomic mass is 10.1. The van der Waals surface area contributed by atoms with Gasteiger partial charge in [0.2, 0.25) is 5.52 Å². The van der Waals surface area contributed by atoms with E-state index in [1.807, 2.05) is 0 Å². The maximum absolute atomic E-state index is 12.7. The topological polar surface area (TPSA) is 94.1 Å². The summed E-state index contributed by atoms with van der Waals surface area (Å²) in [5.74, 6) is 0. The molecule has 23 heavy (non-hydrogen) atoms. The molecule has 0 aliphatic heterocycles. The summed E-state index contributed by atoms with van der Waals surface area (Å²) in [5, 5.41) is 20.8. The lowest BCUT2D eigenvalue weighted by Crippen LogP contribution is -2.05. The van der Waals surface area contributed by atoms with Crippen LogP contribution in [0, 0.1) is 10.1 Å². The summed E-state index contributed by atoms with van der Waals surface area (Å²) in [4.78, 5) is 10.5. The van der Waals surface area contributed by atoms with Gasteiger partial charge in [-0.15, -0.1) is 0 Å². The molecular weight excluding hydrogens is 317 g/mol. The number of aromatic nitrogens is 2. The van der Waals surface area contributed by atoms with Crippen molar-refractivity contribution < 1.29 is 22.7 Å². The molecule has 10 heteroatoms. The number of nitro groups is 1. The van der Waals surface area contributed by atoms with Crippen LogP contribution in [0.15, 0.2) is 41.0 Å². The zero-order valence-corrected chi connectivity index (χ0v) is 11.2. The van der Waals surface area contributed by atoms with Gasteiger partial charge in [0, 0.05) is 5.69 Å². The van der Waals surface area contributed by atoms with Crippen LogP contribution in [0.3, 0.4) is 0 Å². The first-order valence-corrected chi connectivity index (χ1v) is 6.20. The number of hydrogen-bond acceptors (Lipinski definition) is 6. The molecule has 118 valence electrons. The summed E-state index contributed by atoms with van der Waals surface area (Å²) in [5.41, 5.74) is -1.18. The average molecular weight is 324 g/mol. The molecule has 1 heterocycles. The standard InChI is InChI=1S/C13H7F3N4O3/c14-13(15,16)7-2-1-3-8(6-7)17-10-5-4-9-11(19-23-18-9)12(10)20(21)22/h1-6,17H. The van der Waals surface area contributed by atoms with Crippen LogP contribution in [0.5, 0.6) is 0 Å². The highest BCUT2D eigenvalue weighted by molar-refractivity contribution is 5.91. The number of nitro benzene ring substituents is 1. The van der Waals surface area contributed by atoms with E-state index < -0.39 is 22.4 Å². The fraction of sp³-hybridized carbons (Fsp3) is 0.0769. The highest BCUT2D eigenvalue weighted by Gasteiger charge is 2.30. The predicted molar refractivity (Wildman–Crippen MR) is 73.2 cm³/mol. The molecule has 1 N–H and O–H groups in total. The van der Waals surface area contributed by atoms with Gasteiger partial charge in [-0.25, -0.2) is 4.63 Å². The van der Waals surface area contributed by atoms with E-state index in [4.69, 9.17) is 0 Å². The van der Waals surface area contributed by atoms with E-state index in [-0.39, 0.29) is 22.4 Å². The second kappa shape index (κ2) is 5.23. The fourth-order valence-corrected chi connectivity index (χ4v) is 2.05. The summed E-state index contributed by atoms with van der Waals surface area (Å²) in [6.45, 7) is 0. The number of benzene rings is 2. The van der Waals surface area contributed by atoms with E-state index in [2.05, 4.69) is 20.3 Å². The van der Waals surface area contributed by atoms with Gasteiger partial charge in [-0.3, -0.25) is 10.1 Å². The summed E-state index contributed by atoms with van der Waals surface area (Å²) in [7, 11) is 0. The molecule has 0 bridgehead atoms. The lowest BCUT2D eigenvalue weighted by Gasteiger charge is -2.10. The Balaban J connectivity index is 2.05. The smallest absolute Gasteiger partial charge is 0.350 e. The third kappa shape index (κ3) is 2.78. The van der Waals surface area contributed by atoms with E-state index in [9.17, 15) is 23.3 Å². The SMILES string of the molecule is O=[N+]([O-])c1c(Nc2cccc(C(F)(F)F)c2)ccc2nonc12. The summed E-state index contributed by atoms with van der Waals surface area (Å²) >= 11 is 0. The first-order valence-electron chi connectivity index (χ1n) is 6.20.